The summed E-state index contributed by atoms with van der Waals surface area (Å²) in [5.74, 6) is -1.16. The van der Waals surface area contributed by atoms with Crippen molar-refractivity contribution < 1.29 is 19.4 Å². The van der Waals surface area contributed by atoms with Crippen molar-refractivity contribution in [3.05, 3.63) is 0 Å². The number of carboxylic acid groups (broad SMARTS) is 1. The standard InChI is InChI=1S/C15H26N2O4/c1-11-5-2-3-9-17(11)10-4-8-16-14(18)12-6-7-13(21-12)15(19)20/h11-13H,2-10H2,1H3,(H,16,18)(H,19,20). The van der Waals surface area contributed by atoms with Gasteiger partial charge in [0, 0.05) is 19.1 Å². The van der Waals surface area contributed by atoms with Crippen LogP contribution in [0.4, 0.5) is 0 Å². The van der Waals surface area contributed by atoms with E-state index in [9.17, 15) is 9.59 Å². The molecule has 3 unspecified atom stereocenters. The Morgan fingerprint density at radius 3 is 2.67 bits per heavy atom. The summed E-state index contributed by atoms with van der Waals surface area (Å²) in [6.07, 6.45) is 4.26. The van der Waals surface area contributed by atoms with E-state index in [1.165, 1.54) is 19.3 Å². The molecule has 2 aliphatic heterocycles. The molecule has 21 heavy (non-hydrogen) atoms. The number of amides is 1. The molecule has 6 nitrogen and oxygen atoms in total. The Labute approximate surface area is 125 Å². The first-order valence-electron chi connectivity index (χ1n) is 7.98. The molecule has 0 aromatic carbocycles. The number of likely N-dealkylation sites (tertiary alicyclic amines) is 1. The van der Waals surface area contributed by atoms with E-state index in [-0.39, 0.29) is 5.91 Å². The highest BCUT2D eigenvalue weighted by atomic mass is 16.5. The topological polar surface area (TPSA) is 78.9 Å². The van der Waals surface area contributed by atoms with Gasteiger partial charge in [0.1, 0.15) is 6.10 Å². The summed E-state index contributed by atoms with van der Waals surface area (Å²) in [5, 5.41) is 11.7. The molecule has 0 aromatic rings. The van der Waals surface area contributed by atoms with E-state index in [0.29, 0.717) is 25.4 Å². The van der Waals surface area contributed by atoms with E-state index >= 15 is 0 Å². The molecular formula is C15H26N2O4. The first kappa shape index (κ1) is 16.2. The van der Waals surface area contributed by atoms with Crippen LogP contribution in [0.3, 0.4) is 0 Å². The summed E-state index contributed by atoms with van der Waals surface area (Å²) in [7, 11) is 0. The molecule has 0 bridgehead atoms. The van der Waals surface area contributed by atoms with Gasteiger partial charge in [-0.1, -0.05) is 6.42 Å². The van der Waals surface area contributed by atoms with E-state index in [2.05, 4.69) is 17.1 Å². The number of nitrogens with zero attached hydrogens (tertiary/aromatic N) is 1. The fraction of sp³-hybridized carbons (Fsp3) is 0.867. The van der Waals surface area contributed by atoms with Gasteiger partial charge < -0.3 is 20.1 Å². The molecular weight excluding hydrogens is 272 g/mol. The predicted molar refractivity (Wildman–Crippen MR) is 78.0 cm³/mol. The smallest absolute Gasteiger partial charge is 0.332 e. The fourth-order valence-corrected chi connectivity index (χ4v) is 3.11. The predicted octanol–water partition coefficient (Wildman–Crippen LogP) is 0.999. The maximum atomic E-state index is 11.9. The summed E-state index contributed by atoms with van der Waals surface area (Å²) in [4.78, 5) is 25.1. The SMILES string of the molecule is CC1CCCCN1CCCNC(=O)C1CCC(C(=O)O)O1. The lowest BCUT2D eigenvalue weighted by Gasteiger charge is -2.33. The molecule has 0 aromatic heterocycles. The van der Waals surface area contributed by atoms with Crippen LogP contribution in [-0.2, 0) is 14.3 Å². The number of hydrogen-bond acceptors (Lipinski definition) is 4. The van der Waals surface area contributed by atoms with Gasteiger partial charge in [-0.3, -0.25) is 4.79 Å². The van der Waals surface area contributed by atoms with Crippen LogP contribution in [0.25, 0.3) is 0 Å². The first-order valence-corrected chi connectivity index (χ1v) is 7.98. The molecule has 6 heteroatoms. The number of aliphatic carboxylic acids is 1. The van der Waals surface area contributed by atoms with Gasteiger partial charge in [0.15, 0.2) is 6.10 Å². The van der Waals surface area contributed by atoms with Crippen LogP contribution in [0, 0.1) is 0 Å². The minimum absolute atomic E-state index is 0.176. The van der Waals surface area contributed by atoms with Gasteiger partial charge in [0.2, 0.25) is 5.91 Å². The lowest BCUT2D eigenvalue weighted by atomic mass is 10.0. The van der Waals surface area contributed by atoms with Crippen LogP contribution in [0.5, 0.6) is 0 Å². The molecule has 0 radical (unpaired) electrons. The third-order valence-corrected chi connectivity index (χ3v) is 4.45. The van der Waals surface area contributed by atoms with Crippen molar-refractivity contribution in [3.8, 4) is 0 Å². The first-order chi connectivity index (χ1) is 10.1. The second-order valence-electron chi connectivity index (χ2n) is 6.05. The number of ether oxygens (including phenoxy) is 1. The van der Waals surface area contributed by atoms with E-state index in [1.54, 1.807) is 0 Å². The summed E-state index contributed by atoms with van der Waals surface area (Å²) in [6.45, 7) is 5.04. The second-order valence-corrected chi connectivity index (χ2v) is 6.05. The molecule has 0 spiro atoms. The van der Waals surface area contributed by atoms with Gasteiger partial charge in [-0.05, 0) is 45.6 Å². The molecule has 2 aliphatic rings. The molecule has 120 valence electrons. The number of hydrogen-bond donors (Lipinski definition) is 2. The van der Waals surface area contributed by atoms with E-state index in [1.807, 2.05) is 0 Å². The van der Waals surface area contributed by atoms with Crippen LogP contribution in [0.1, 0.15) is 45.4 Å². The van der Waals surface area contributed by atoms with Crippen molar-refractivity contribution in [1.29, 1.82) is 0 Å². The number of rotatable bonds is 6. The maximum Gasteiger partial charge on any atom is 0.332 e. The van der Waals surface area contributed by atoms with Crippen molar-refractivity contribution in [3.63, 3.8) is 0 Å². The highest BCUT2D eigenvalue weighted by molar-refractivity contribution is 5.82. The Balaban J connectivity index is 1.60. The highest BCUT2D eigenvalue weighted by Gasteiger charge is 2.34. The summed E-state index contributed by atoms with van der Waals surface area (Å²) < 4.78 is 5.23. The van der Waals surface area contributed by atoms with Gasteiger partial charge in [-0.2, -0.15) is 0 Å². The average molecular weight is 298 g/mol. The maximum absolute atomic E-state index is 11.9. The Kier molecular flexibility index (Phi) is 5.99. The zero-order valence-electron chi connectivity index (χ0n) is 12.7. The molecule has 0 saturated carbocycles. The quantitative estimate of drug-likeness (QED) is 0.715. The number of carboxylic acids is 1. The molecule has 2 N–H and O–H groups in total. The van der Waals surface area contributed by atoms with Crippen LogP contribution in [0.2, 0.25) is 0 Å². The normalized spacial score (nSPS) is 30.2. The highest BCUT2D eigenvalue weighted by Crippen LogP contribution is 2.20. The van der Waals surface area contributed by atoms with E-state index in [0.717, 1.165) is 19.5 Å². The van der Waals surface area contributed by atoms with Crippen LogP contribution < -0.4 is 5.32 Å². The Morgan fingerprint density at radius 1 is 1.24 bits per heavy atom. The van der Waals surface area contributed by atoms with Crippen LogP contribution >= 0.6 is 0 Å². The lowest BCUT2D eigenvalue weighted by molar-refractivity contribution is -0.151. The number of carbonyl (C=O) groups is 2. The van der Waals surface area contributed by atoms with Crippen molar-refractivity contribution in [2.75, 3.05) is 19.6 Å². The fourth-order valence-electron chi connectivity index (χ4n) is 3.11. The number of carbonyl (C=O) groups excluding carboxylic acids is 1. The monoisotopic (exact) mass is 298 g/mol. The number of piperidine rings is 1. The zero-order valence-corrected chi connectivity index (χ0v) is 12.7. The Morgan fingerprint density at radius 2 is 2.00 bits per heavy atom. The lowest BCUT2D eigenvalue weighted by Crippen LogP contribution is -2.40. The Bertz CT molecular complexity index is 375. The average Bonchev–Trinajstić information content (AvgIpc) is 2.95. The van der Waals surface area contributed by atoms with Crippen LogP contribution in [-0.4, -0.2) is 59.8 Å². The molecule has 2 fully saturated rings. The number of nitrogens with one attached hydrogen (secondary N) is 1. The third-order valence-electron chi connectivity index (χ3n) is 4.45. The molecule has 1 amide bonds. The molecule has 2 heterocycles. The summed E-state index contributed by atoms with van der Waals surface area (Å²) >= 11 is 0. The summed E-state index contributed by atoms with van der Waals surface area (Å²) in [5.41, 5.74) is 0. The van der Waals surface area contributed by atoms with Crippen molar-refractivity contribution >= 4 is 11.9 Å². The van der Waals surface area contributed by atoms with Gasteiger partial charge in [0.05, 0.1) is 0 Å². The van der Waals surface area contributed by atoms with Crippen molar-refractivity contribution in [2.45, 2.75) is 63.7 Å². The second kappa shape index (κ2) is 7.75. The van der Waals surface area contributed by atoms with Crippen molar-refractivity contribution in [1.82, 2.24) is 10.2 Å². The van der Waals surface area contributed by atoms with Gasteiger partial charge >= 0.3 is 5.97 Å². The molecule has 0 aliphatic carbocycles. The molecule has 2 saturated heterocycles. The molecule has 3 atom stereocenters. The minimum atomic E-state index is -0.982. The van der Waals surface area contributed by atoms with Gasteiger partial charge in [0.25, 0.3) is 0 Å². The minimum Gasteiger partial charge on any atom is -0.479 e. The third kappa shape index (κ3) is 4.68. The van der Waals surface area contributed by atoms with Gasteiger partial charge in [-0.25, -0.2) is 4.79 Å². The Hall–Kier alpha value is -1.14. The van der Waals surface area contributed by atoms with Crippen molar-refractivity contribution in [2.24, 2.45) is 0 Å². The molecule has 2 rings (SSSR count). The zero-order chi connectivity index (χ0) is 15.2. The largest absolute Gasteiger partial charge is 0.479 e. The summed E-state index contributed by atoms with van der Waals surface area (Å²) in [6, 6.07) is 0.643. The van der Waals surface area contributed by atoms with Gasteiger partial charge in [-0.15, -0.1) is 0 Å². The van der Waals surface area contributed by atoms with Crippen LogP contribution in [0.15, 0.2) is 0 Å². The van der Waals surface area contributed by atoms with E-state index < -0.39 is 18.2 Å². The van der Waals surface area contributed by atoms with E-state index in [4.69, 9.17) is 9.84 Å².